The number of piperidine rings is 1. The molecule has 2 aliphatic rings. The van der Waals surface area contributed by atoms with Crippen LogP contribution < -0.4 is 4.90 Å². The van der Waals surface area contributed by atoms with Crippen LogP contribution in [0.25, 0.3) is 0 Å². The molecule has 1 aromatic heterocycles. The van der Waals surface area contributed by atoms with Crippen LogP contribution in [-0.4, -0.2) is 54.1 Å². The third-order valence-electron chi connectivity index (χ3n) is 6.29. The predicted octanol–water partition coefficient (Wildman–Crippen LogP) is 2.91. The third kappa shape index (κ3) is 3.99. The van der Waals surface area contributed by atoms with E-state index in [0.29, 0.717) is 19.7 Å². The van der Waals surface area contributed by atoms with Gasteiger partial charge in [-0.1, -0.05) is 24.3 Å². The Morgan fingerprint density at radius 2 is 1.72 bits per heavy atom. The third-order valence-corrected chi connectivity index (χ3v) is 6.29. The van der Waals surface area contributed by atoms with Crippen LogP contribution in [0.1, 0.15) is 35.4 Å². The molecular formula is C23H30N4O2. The molecule has 1 fully saturated rings. The van der Waals surface area contributed by atoms with Crippen molar-refractivity contribution in [3.8, 4) is 0 Å². The van der Waals surface area contributed by atoms with Gasteiger partial charge in [-0.25, -0.2) is 9.97 Å². The molecule has 2 aromatic rings. The van der Waals surface area contributed by atoms with E-state index in [9.17, 15) is 4.79 Å². The summed E-state index contributed by atoms with van der Waals surface area (Å²) in [6.07, 6.45) is 2.45. The van der Waals surface area contributed by atoms with Crippen molar-refractivity contribution in [1.82, 2.24) is 14.9 Å². The van der Waals surface area contributed by atoms with Crippen molar-refractivity contribution in [1.29, 1.82) is 0 Å². The van der Waals surface area contributed by atoms with E-state index in [4.69, 9.17) is 4.74 Å². The van der Waals surface area contributed by atoms with Crippen LogP contribution in [0.4, 0.5) is 5.95 Å². The van der Waals surface area contributed by atoms with Crippen molar-refractivity contribution < 1.29 is 9.53 Å². The number of carbonyl (C=O) groups excluding carboxylic acids is 1. The number of amides is 1. The zero-order chi connectivity index (χ0) is 20.4. The number of aromatic nitrogens is 2. The van der Waals surface area contributed by atoms with Crippen LogP contribution in [0.15, 0.2) is 30.3 Å². The van der Waals surface area contributed by atoms with Crippen molar-refractivity contribution >= 4 is 11.9 Å². The molecular weight excluding hydrogens is 364 g/mol. The topological polar surface area (TPSA) is 58.6 Å². The molecule has 0 atom stereocenters. The zero-order valence-corrected chi connectivity index (χ0v) is 17.6. The summed E-state index contributed by atoms with van der Waals surface area (Å²) in [5.41, 5.74) is 4.18. The van der Waals surface area contributed by atoms with Gasteiger partial charge in [0.25, 0.3) is 0 Å². The Morgan fingerprint density at radius 1 is 1.07 bits per heavy atom. The van der Waals surface area contributed by atoms with Gasteiger partial charge < -0.3 is 14.5 Å². The Hall–Kier alpha value is -2.47. The van der Waals surface area contributed by atoms with Gasteiger partial charge in [0, 0.05) is 44.7 Å². The Kier molecular flexibility index (Phi) is 5.54. The number of ether oxygens (including phenoxy) is 1. The molecule has 0 saturated carbocycles. The Balaban J connectivity index is 1.59. The molecule has 29 heavy (non-hydrogen) atoms. The molecule has 6 heteroatoms. The van der Waals surface area contributed by atoms with Crippen molar-refractivity contribution in [2.24, 2.45) is 5.41 Å². The lowest BCUT2D eigenvalue weighted by Gasteiger charge is -2.42. The molecule has 1 amide bonds. The summed E-state index contributed by atoms with van der Waals surface area (Å²) in [5, 5.41) is 0. The summed E-state index contributed by atoms with van der Waals surface area (Å²) in [5.74, 6) is 1.06. The number of fused-ring (bicyclic) bond motifs is 1. The van der Waals surface area contributed by atoms with Gasteiger partial charge >= 0.3 is 0 Å². The number of carbonyl (C=O) groups is 1. The Labute approximate surface area is 172 Å². The highest BCUT2D eigenvalue weighted by atomic mass is 16.5. The summed E-state index contributed by atoms with van der Waals surface area (Å²) in [6.45, 7) is 7.47. The fraction of sp³-hybridized carbons (Fsp3) is 0.522. The minimum Gasteiger partial charge on any atom is -0.383 e. The van der Waals surface area contributed by atoms with Crippen LogP contribution in [0.2, 0.25) is 0 Å². The number of benzene rings is 1. The highest BCUT2D eigenvalue weighted by molar-refractivity contribution is 5.84. The van der Waals surface area contributed by atoms with Crippen molar-refractivity contribution in [2.75, 3.05) is 38.3 Å². The zero-order valence-electron chi connectivity index (χ0n) is 17.6. The number of hydrogen-bond donors (Lipinski definition) is 0. The second kappa shape index (κ2) is 8.11. The van der Waals surface area contributed by atoms with E-state index >= 15 is 0 Å². The van der Waals surface area contributed by atoms with E-state index in [-0.39, 0.29) is 11.3 Å². The average Bonchev–Trinajstić information content (AvgIpc) is 2.81. The van der Waals surface area contributed by atoms with Gasteiger partial charge in [0.2, 0.25) is 11.9 Å². The van der Waals surface area contributed by atoms with Crippen LogP contribution in [0.3, 0.4) is 0 Å². The minimum atomic E-state index is -0.351. The molecule has 2 aliphatic heterocycles. The Morgan fingerprint density at radius 3 is 2.38 bits per heavy atom. The highest BCUT2D eigenvalue weighted by Gasteiger charge is 2.45. The van der Waals surface area contributed by atoms with E-state index in [1.165, 1.54) is 11.1 Å². The molecule has 6 nitrogen and oxygen atoms in total. The number of rotatable bonds is 4. The van der Waals surface area contributed by atoms with Crippen LogP contribution >= 0.6 is 0 Å². The maximum absolute atomic E-state index is 13.7. The van der Waals surface area contributed by atoms with E-state index < -0.39 is 0 Å². The summed E-state index contributed by atoms with van der Waals surface area (Å²) in [7, 11) is 1.69. The van der Waals surface area contributed by atoms with Gasteiger partial charge in [0.1, 0.15) is 0 Å². The summed E-state index contributed by atoms with van der Waals surface area (Å²) in [4.78, 5) is 27.1. The molecule has 1 spiro atoms. The summed E-state index contributed by atoms with van der Waals surface area (Å²) < 4.78 is 5.28. The van der Waals surface area contributed by atoms with Gasteiger partial charge in [-0.3, -0.25) is 4.79 Å². The second-order valence-corrected chi connectivity index (χ2v) is 8.38. The van der Waals surface area contributed by atoms with Gasteiger partial charge in [-0.05, 0) is 50.3 Å². The minimum absolute atomic E-state index is 0.270. The van der Waals surface area contributed by atoms with Crippen LogP contribution in [-0.2, 0) is 22.5 Å². The van der Waals surface area contributed by atoms with E-state index in [1.807, 2.05) is 24.8 Å². The molecule has 0 aliphatic carbocycles. The molecule has 4 rings (SSSR count). The van der Waals surface area contributed by atoms with E-state index in [2.05, 4.69) is 39.1 Å². The maximum Gasteiger partial charge on any atom is 0.229 e. The van der Waals surface area contributed by atoms with Gasteiger partial charge in [0.05, 0.1) is 12.0 Å². The first-order valence-electron chi connectivity index (χ1n) is 10.4. The van der Waals surface area contributed by atoms with Gasteiger partial charge in [-0.15, -0.1) is 0 Å². The normalized spacial score (nSPS) is 18.7. The quantitative estimate of drug-likeness (QED) is 0.798. The van der Waals surface area contributed by atoms with E-state index in [0.717, 1.165) is 49.7 Å². The van der Waals surface area contributed by atoms with Crippen molar-refractivity contribution in [3.63, 3.8) is 0 Å². The second-order valence-electron chi connectivity index (χ2n) is 8.38. The smallest absolute Gasteiger partial charge is 0.229 e. The Bertz CT molecular complexity index is 870. The molecule has 1 aromatic carbocycles. The highest BCUT2D eigenvalue weighted by Crippen LogP contribution is 2.41. The molecule has 0 bridgehead atoms. The van der Waals surface area contributed by atoms with Crippen molar-refractivity contribution in [3.05, 3.63) is 52.8 Å². The van der Waals surface area contributed by atoms with Gasteiger partial charge in [0.15, 0.2) is 0 Å². The number of nitrogens with zero attached hydrogens (tertiary/aromatic N) is 4. The molecule has 0 radical (unpaired) electrons. The van der Waals surface area contributed by atoms with Crippen LogP contribution in [0.5, 0.6) is 0 Å². The lowest BCUT2D eigenvalue weighted by atomic mass is 9.73. The lowest BCUT2D eigenvalue weighted by Crippen LogP contribution is -2.51. The fourth-order valence-electron chi connectivity index (χ4n) is 4.69. The fourth-order valence-corrected chi connectivity index (χ4v) is 4.69. The van der Waals surface area contributed by atoms with E-state index in [1.54, 1.807) is 7.11 Å². The first-order valence-corrected chi connectivity index (χ1v) is 10.4. The standard InChI is InChI=1S/C23H30N4O2/c1-17-14-18(2)25-22(24-17)26-10-8-23(9-11-26)15-19-6-4-5-7-20(19)16-27(21(23)28)12-13-29-3/h4-7,14H,8-13,15-16H2,1-3H3. The number of anilines is 1. The maximum atomic E-state index is 13.7. The number of methoxy groups -OCH3 is 1. The van der Waals surface area contributed by atoms with Crippen LogP contribution in [0, 0.1) is 19.3 Å². The molecule has 0 unspecified atom stereocenters. The summed E-state index contributed by atoms with van der Waals surface area (Å²) >= 11 is 0. The molecule has 0 N–H and O–H groups in total. The molecule has 154 valence electrons. The monoisotopic (exact) mass is 394 g/mol. The first-order chi connectivity index (χ1) is 14.0. The first kappa shape index (κ1) is 19.8. The van der Waals surface area contributed by atoms with Crippen molar-refractivity contribution in [2.45, 2.75) is 39.7 Å². The molecule has 3 heterocycles. The van der Waals surface area contributed by atoms with Gasteiger partial charge in [-0.2, -0.15) is 0 Å². The summed E-state index contributed by atoms with van der Waals surface area (Å²) in [6, 6.07) is 10.5. The SMILES string of the molecule is COCCN1Cc2ccccc2CC2(CCN(c3nc(C)cc(C)n3)CC2)C1=O. The average molecular weight is 395 g/mol. The number of hydrogen-bond acceptors (Lipinski definition) is 5. The number of aryl methyl sites for hydroxylation is 2. The predicted molar refractivity (Wildman–Crippen MR) is 113 cm³/mol. The molecule has 1 saturated heterocycles. The lowest BCUT2D eigenvalue weighted by molar-refractivity contribution is -0.144. The largest absolute Gasteiger partial charge is 0.383 e.